The van der Waals surface area contributed by atoms with Crippen molar-refractivity contribution in [3.63, 3.8) is 0 Å². The Hall–Kier alpha value is -4.19. The predicted octanol–water partition coefficient (Wildman–Crippen LogP) is 5.12. The second kappa shape index (κ2) is 7.81. The summed E-state index contributed by atoms with van der Waals surface area (Å²) in [4.78, 5) is 25.2. The van der Waals surface area contributed by atoms with E-state index in [-0.39, 0.29) is 11.5 Å². The van der Waals surface area contributed by atoms with Gasteiger partial charge < -0.3 is 15.1 Å². The SMILES string of the molecule is CC(C)N=C(N)c1ccc2nc(-c3ccc4oc(-c5ccccc5)cc(=O)c4c3)[nH]c2c1. The van der Waals surface area contributed by atoms with E-state index in [1.165, 1.54) is 6.07 Å². The Kier molecular flexibility index (Phi) is 4.82. The van der Waals surface area contributed by atoms with Gasteiger partial charge in [0.15, 0.2) is 5.43 Å². The van der Waals surface area contributed by atoms with E-state index in [9.17, 15) is 4.79 Å². The molecule has 3 aromatic carbocycles. The smallest absolute Gasteiger partial charge is 0.193 e. The first kappa shape index (κ1) is 19.8. The molecule has 0 spiro atoms. The van der Waals surface area contributed by atoms with Gasteiger partial charge in [0.05, 0.1) is 16.4 Å². The summed E-state index contributed by atoms with van der Waals surface area (Å²) in [5, 5.41) is 0.511. The molecule has 3 N–H and O–H groups in total. The number of hydrogen-bond donors (Lipinski definition) is 2. The average Bonchev–Trinajstić information content (AvgIpc) is 3.22. The average molecular weight is 422 g/mol. The molecule has 0 aliphatic heterocycles. The van der Waals surface area contributed by atoms with Gasteiger partial charge in [-0.2, -0.15) is 0 Å². The van der Waals surface area contributed by atoms with Gasteiger partial charge in [-0.15, -0.1) is 0 Å². The maximum absolute atomic E-state index is 12.8. The van der Waals surface area contributed by atoms with Gasteiger partial charge in [0.25, 0.3) is 0 Å². The van der Waals surface area contributed by atoms with Crippen LogP contribution < -0.4 is 11.2 Å². The molecule has 0 aliphatic carbocycles. The number of nitrogens with zero attached hydrogens (tertiary/aromatic N) is 2. The lowest BCUT2D eigenvalue weighted by molar-refractivity contribution is 0.619. The number of aromatic amines is 1. The molecule has 0 saturated carbocycles. The monoisotopic (exact) mass is 422 g/mol. The highest BCUT2D eigenvalue weighted by Gasteiger charge is 2.12. The van der Waals surface area contributed by atoms with Crippen molar-refractivity contribution in [3.8, 4) is 22.7 Å². The summed E-state index contributed by atoms with van der Waals surface area (Å²) in [5.41, 5.74) is 10.7. The first-order valence-corrected chi connectivity index (χ1v) is 10.4. The van der Waals surface area contributed by atoms with Crippen molar-refractivity contribution in [1.82, 2.24) is 9.97 Å². The number of nitrogens with one attached hydrogen (secondary N) is 1. The standard InChI is InChI=1S/C26H22N4O2/c1-15(2)28-25(27)17-8-10-20-21(13-17)30-26(29-20)18-9-11-23-19(12-18)22(31)14-24(32-23)16-6-4-3-5-7-16/h3-15H,1-2H3,(H2,27,28)(H,29,30). The Morgan fingerprint density at radius 3 is 2.59 bits per heavy atom. The molecule has 5 aromatic rings. The molecule has 0 saturated heterocycles. The molecule has 6 nitrogen and oxygen atoms in total. The maximum atomic E-state index is 12.8. The summed E-state index contributed by atoms with van der Waals surface area (Å²) in [6.45, 7) is 3.97. The Morgan fingerprint density at radius 2 is 1.81 bits per heavy atom. The van der Waals surface area contributed by atoms with Gasteiger partial charge in [-0.1, -0.05) is 30.3 Å². The van der Waals surface area contributed by atoms with Crippen molar-refractivity contribution in [1.29, 1.82) is 0 Å². The summed E-state index contributed by atoms with van der Waals surface area (Å²) < 4.78 is 5.99. The van der Waals surface area contributed by atoms with Gasteiger partial charge in [-0.25, -0.2) is 4.98 Å². The van der Waals surface area contributed by atoms with E-state index in [0.717, 1.165) is 27.7 Å². The molecule has 5 rings (SSSR count). The molecule has 158 valence electrons. The summed E-state index contributed by atoms with van der Waals surface area (Å²) in [7, 11) is 0. The lowest BCUT2D eigenvalue weighted by Crippen LogP contribution is -2.15. The first-order chi connectivity index (χ1) is 15.5. The van der Waals surface area contributed by atoms with E-state index >= 15 is 0 Å². The summed E-state index contributed by atoms with van der Waals surface area (Å²) in [6.07, 6.45) is 0. The molecule has 0 bridgehead atoms. The van der Waals surface area contributed by atoms with Crippen molar-refractivity contribution in [2.75, 3.05) is 0 Å². The number of hydrogen-bond acceptors (Lipinski definition) is 4. The van der Waals surface area contributed by atoms with E-state index in [1.807, 2.05) is 80.6 Å². The lowest BCUT2D eigenvalue weighted by atomic mass is 10.1. The highest BCUT2D eigenvalue weighted by atomic mass is 16.3. The topological polar surface area (TPSA) is 97.3 Å². The summed E-state index contributed by atoms with van der Waals surface area (Å²) in [6, 6.07) is 22.5. The van der Waals surface area contributed by atoms with E-state index in [1.54, 1.807) is 0 Å². The fraction of sp³-hybridized carbons (Fsp3) is 0.115. The molecule has 0 atom stereocenters. The fourth-order valence-electron chi connectivity index (χ4n) is 3.71. The molecule has 2 aromatic heterocycles. The molecule has 6 heteroatoms. The van der Waals surface area contributed by atoms with Gasteiger partial charge in [-0.05, 0) is 50.2 Å². The van der Waals surface area contributed by atoms with Gasteiger partial charge in [0.1, 0.15) is 23.0 Å². The maximum Gasteiger partial charge on any atom is 0.193 e. The van der Waals surface area contributed by atoms with Gasteiger partial charge >= 0.3 is 0 Å². The normalized spacial score (nSPS) is 12.2. The summed E-state index contributed by atoms with van der Waals surface area (Å²) >= 11 is 0. The number of aromatic nitrogens is 2. The minimum Gasteiger partial charge on any atom is -0.456 e. The number of nitrogens with two attached hydrogens (primary N) is 1. The van der Waals surface area contributed by atoms with Crippen molar-refractivity contribution in [2.45, 2.75) is 19.9 Å². The predicted molar refractivity (Wildman–Crippen MR) is 129 cm³/mol. The Bertz CT molecular complexity index is 1530. The van der Waals surface area contributed by atoms with Crippen LogP contribution in [0.2, 0.25) is 0 Å². The summed E-state index contributed by atoms with van der Waals surface area (Å²) in [5.74, 6) is 1.72. The van der Waals surface area contributed by atoms with Crippen LogP contribution in [0.25, 0.3) is 44.7 Å². The molecule has 0 fully saturated rings. The zero-order valence-corrected chi connectivity index (χ0v) is 17.8. The third kappa shape index (κ3) is 3.67. The second-order valence-electron chi connectivity index (χ2n) is 7.98. The van der Waals surface area contributed by atoms with Crippen LogP contribution in [0.4, 0.5) is 0 Å². The number of imidazole rings is 1. The van der Waals surface area contributed by atoms with Crippen molar-refractivity contribution in [3.05, 3.63) is 88.6 Å². The van der Waals surface area contributed by atoms with Crippen LogP contribution in [0.5, 0.6) is 0 Å². The third-order valence-corrected chi connectivity index (χ3v) is 5.23. The van der Waals surface area contributed by atoms with Crippen LogP contribution in [0.1, 0.15) is 19.4 Å². The number of aliphatic imine (C=N–C) groups is 1. The Balaban J connectivity index is 1.55. The molecular weight excluding hydrogens is 400 g/mol. The minimum atomic E-state index is -0.0944. The number of H-pyrrole nitrogens is 1. The van der Waals surface area contributed by atoms with Crippen LogP contribution in [-0.4, -0.2) is 21.8 Å². The highest BCUT2D eigenvalue weighted by Crippen LogP contribution is 2.27. The van der Waals surface area contributed by atoms with E-state index in [4.69, 9.17) is 10.2 Å². The zero-order chi connectivity index (χ0) is 22.2. The number of amidine groups is 1. The van der Waals surface area contributed by atoms with Crippen LogP contribution in [0.3, 0.4) is 0 Å². The molecule has 2 heterocycles. The van der Waals surface area contributed by atoms with E-state index < -0.39 is 0 Å². The Labute approximate surface area is 184 Å². The van der Waals surface area contributed by atoms with E-state index in [0.29, 0.717) is 28.4 Å². The molecular formula is C26H22N4O2. The quantitative estimate of drug-likeness (QED) is 0.310. The second-order valence-corrected chi connectivity index (χ2v) is 7.98. The number of benzene rings is 3. The third-order valence-electron chi connectivity index (χ3n) is 5.23. The van der Waals surface area contributed by atoms with Crippen LogP contribution >= 0.6 is 0 Å². The van der Waals surface area contributed by atoms with Crippen LogP contribution in [0, 0.1) is 0 Å². The van der Waals surface area contributed by atoms with Crippen LogP contribution in [-0.2, 0) is 0 Å². The minimum absolute atomic E-state index is 0.0944. The molecule has 0 amide bonds. The zero-order valence-electron chi connectivity index (χ0n) is 17.8. The molecule has 0 radical (unpaired) electrons. The molecule has 0 unspecified atom stereocenters. The number of rotatable bonds is 4. The van der Waals surface area contributed by atoms with Crippen molar-refractivity contribution < 1.29 is 4.42 Å². The van der Waals surface area contributed by atoms with Gasteiger partial charge in [-0.3, -0.25) is 9.79 Å². The van der Waals surface area contributed by atoms with Gasteiger partial charge in [0, 0.05) is 28.8 Å². The lowest BCUT2D eigenvalue weighted by Gasteiger charge is -2.04. The first-order valence-electron chi connectivity index (χ1n) is 10.4. The molecule has 32 heavy (non-hydrogen) atoms. The largest absolute Gasteiger partial charge is 0.456 e. The van der Waals surface area contributed by atoms with Crippen LogP contribution in [0.15, 0.2) is 87.0 Å². The van der Waals surface area contributed by atoms with Crippen molar-refractivity contribution in [2.24, 2.45) is 10.7 Å². The highest BCUT2D eigenvalue weighted by molar-refractivity contribution is 6.00. The van der Waals surface area contributed by atoms with E-state index in [2.05, 4.69) is 15.0 Å². The fourth-order valence-corrected chi connectivity index (χ4v) is 3.71. The number of fused-ring (bicyclic) bond motifs is 2. The Morgan fingerprint density at radius 1 is 1.00 bits per heavy atom. The van der Waals surface area contributed by atoms with Crippen molar-refractivity contribution >= 4 is 27.8 Å². The molecule has 0 aliphatic rings. The van der Waals surface area contributed by atoms with Gasteiger partial charge in [0.2, 0.25) is 0 Å².